The zero-order chi connectivity index (χ0) is 15.9. The predicted molar refractivity (Wildman–Crippen MR) is 75.6 cm³/mol. The molecule has 0 spiro atoms. The maximum Gasteiger partial charge on any atom is 0.329 e. The van der Waals surface area contributed by atoms with Crippen LogP contribution in [0.5, 0.6) is 0 Å². The zero-order valence-corrected chi connectivity index (χ0v) is 12.6. The van der Waals surface area contributed by atoms with Gasteiger partial charge in [-0.25, -0.2) is 9.59 Å². The molecule has 0 atom stereocenters. The van der Waals surface area contributed by atoms with Crippen molar-refractivity contribution in [2.45, 2.75) is 38.6 Å². The van der Waals surface area contributed by atoms with Crippen LogP contribution in [-0.2, 0) is 9.53 Å². The molecule has 0 aliphatic carbocycles. The number of carboxylic acids is 1. The molecular weight excluding hydrogens is 274 g/mol. The minimum atomic E-state index is -1.27. The summed E-state index contributed by atoms with van der Waals surface area (Å²) >= 11 is 0. The lowest BCUT2D eigenvalue weighted by Crippen LogP contribution is -2.60. The van der Waals surface area contributed by atoms with Crippen molar-refractivity contribution in [3.05, 3.63) is 0 Å². The summed E-state index contributed by atoms with van der Waals surface area (Å²) in [5.74, 6) is -0.797. The monoisotopic (exact) mass is 297 g/mol. The van der Waals surface area contributed by atoms with E-state index in [9.17, 15) is 14.7 Å². The molecule has 1 aliphatic heterocycles. The van der Waals surface area contributed by atoms with Crippen molar-refractivity contribution < 1.29 is 19.4 Å². The van der Waals surface area contributed by atoms with Crippen LogP contribution in [0.4, 0.5) is 4.79 Å². The Bertz CT molecular complexity index is 411. The van der Waals surface area contributed by atoms with Crippen molar-refractivity contribution >= 4 is 12.0 Å². The minimum Gasteiger partial charge on any atom is -0.480 e. The van der Waals surface area contributed by atoms with Crippen molar-refractivity contribution in [1.82, 2.24) is 10.2 Å². The molecule has 2 N–H and O–H groups in total. The quantitative estimate of drug-likeness (QED) is 0.767. The minimum absolute atomic E-state index is 0.226. The number of nitrogens with zero attached hydrogens (tertiary/aromatic N) is 2. The molecule has 0 radical (unpaired) electrons. The molecule has 0 aromatic rings. The van der Waals surface area contributed by atoms with Crippen molar-refractivity contribution in [2.75, 3.05) is 26.3 Å². The first-order valence-corrected chi connectivity index (χ1v) is 7.16. The van der Waals surface area contributed by atoms with E-state index >= 15 is 0 Å². The van der Waals surface area contributed by atoms with E-state index in [4.69, 9.17) is 10.00 Å². The van der Waals surface area contributed by atoms with Gasteiger partial charge < -0.3 is 20.1 Å². The summed E-state index contributed by atoms with van der Waals surface area (Å²) < 4.78 is 5.18. The van der Waals surface area contributed by atoms with Crippen molar-refractivity contribution in [2.24, 2.45) is 5.92 Å². The van der Waals surface area contributed by atoms with Crippen LogP contribution in [0, 0.1) is 17.2 Å². The van der Waals surface area contributed by atoms with Gasteiger partial charge in [-0.3, -0.25) is 0 Å². The molecule has 7 nitrogen and oxygen atoms in total. The van der Waals surface area contributed by atoms with Crippen LogP contribution in [0.3, 0.4) is 0 Å². The number of aliphatic carboxylic acids is 1. The third kappa shape index (κ3) is 4.90. The summed E-state index contributed by atoms with van der Waals surface area (Å²) in [4.78, 5) is 25.4. The average Bonchev–Trinajstić information content (AvgIpc) is 2.43. The highest BCUT2D eigenvalue weighted by Crippen LogP contribution is 2.21. The molecule has 0 saturated carbocycles. The SMILES string of the molecule is CC(C)CN(CCC#N)C(=O)NC1(C(=O)O)CCOCC1. The fourth-order valence-electron chi connectivity index (χ4n) is 2.30. The van der Waals surface area contributed by atoms with Gasteiger partial charge >= 0.3 is 12.0 Å². The molecule has 1 saturated heterocycles. The van der Waals surface area contributed by atoms with Gasteiger partial charge in [-0.05, 0) is 5.92 Å². The van der Waals surface area contributed by atoms with Crippen LogP contribution >= 0.6 is 0 Å². The molecule has 1 aliphatic rings. The van der Waals surface area contributed by atoms with Gasteiger partial charge in [-0.15, -0.1) is 0 Å². The van der Waals surface area contributed by atoms with E-state index in [1.165, 1.54) is 4.90 Å². The molecule has 1 rings (SSSR count). The summed E-state index contributed by atoms with van der Waals surface area (Å²) in [6.07, 6.45) is 0.729. The Kier molecular flexibility index (Phi) is 6.43. The molecule has 21 heavy (non-hydrogen) atoms. The van der Waals surface area contributed by atoms with Gasteiger partial charge in [0.1, 0.15) is 5.54 Å². The summed E-state index contributed by atoms with van der Waals surface area (Å²) in [6.45, 7) is 5.35. The summed E-state index contributed by atoms with van der Waals surface area (Å²) in [5, 5.41) is 20.8. The molecule has 1 heterocycles. The molecule has 118 valence electrons. The second-order valence-corrected chi connectivity index (χ2v) is 5.68. The Hall–Kier alpha value is -1.81. The van der Waals surface area contributed by atoms with E-state index in [1.54, 1.807) is 0 Å². The number of carbonyl (C=O) groups excluding carboxylic acids is 1. The van der Waals surface area contributed by atoms with Gasteiger partial charge in [0, 0.05) is 39.1 Å². The Morgan fingerprint density at radius 2 is 2.05 bits per heavy atom. The number of nitrogens with one attached hydrogen (secondary N) is 1. The van der Waals surface area contributed by atoms with Gasteiger partial charge in [0.05, 0.1) is 12.5 Å². The number of amides is 2. The molecular formula is C14H23N3O4. The second-order valence-electron chi connectivity index (χ2n) is 5.68. The zero-order valence-electron chi connectivity index (χ0n) is 12.6. The largest absolute Gasteiger partial charge is 0.480 e. The lowest BCUT2D eigenvalue weighted by molar-refractivity contribution is -0.148. The van der Waals surface area contributed by atoms with E-state index in [-0.39, 0.29) is 25.2 Å². The second kappa shape index (κ2) is 7.84. The highest BCUT2D eigenvalue weighted by molar-refractivity contribution is 5.86. The first kappa shape index (κ1) is 17.2. The highest BCUT2D eigenvalue weighted by atomic mass is 16.5. The molecule has 0 unspecified atom stereocenters. The Morgan fingerprint density at radius 3 is 2.52 bits per heavy atom. The Balaban J connectivity index is 2.77. The molecule has 0 aromatic carbocycles. The first-order valence-electron chi connectivity index (χ1n) is 7.16. The van der Waals surface area contributed by atoms with E-state index in [2.05, 4.69) is 5.32 Å². The van der Waals surface area contributed by atoms with Crippen LogP contribution in [0.25, 0.3) is 0 Å². The lowest BCUT2D eigenvalue weighted by Gasteiger charge is -2.36. The summed E-state index contributed by atoms with van der Waals surface area (Å²) in [7, 11) is 0. The normalized spacial score (nSPS) is 17.0. The van der Waals surface area contributed by atoms with E-state index in [0.717, 1.165) is 0 Å². The number of hydrogen-bond acceptors (Lipinski definition) is 4. The van der Waals surface area contributed by atoms with Gasteiger partial charge in [-0.1, -0.05) is 13.8 Å². The fraction of sp³-hybridized carbons (Fsp3) is 0.786. The van der Waals surface area contributed by atoms with Crippen molar-refractivity contribution in [1.29, 1.82) is 5.26 Å². The predicted octanol–water partition coefficient (Wildman–Crippen LogP) is 1.20. The topological polar surface area (TPSA) is 103 Å². The van der Waals surface area contributed by atoms with Crippen LogP contribution in [0.1, 0.15) is 33.1 Å². The van der Waals surface area contributed by atoms with E-state index in [0.29, 0.717) is 26.3 Å². The third-order valence-corrected chi connectivity index (χ3v) is 3.47. The first-order chi connectivity index (χ1) is 9.91. The Morgan fingerprint density at radius 1 is 1.43 bits per heavy atom. The van der Waals surface area contributed by atoms with E-state index in [1.807, 2.05) is 19.9 Å². The smallest absolute Gasteiger partial charge is 0.329 e. The number of urea groups is 1. The van der Waals surface area contributed by atoms with Crippen LogP contribution in [-0.4, -0.2) is 53.8 Å². The van der Waals surface area contributed by atoms with Gasteiger partial charge in [-0.2, -0.15) is 5.26 Å². The molecule has 7 heteroatoms. The van der Waals surface area contributed by atoms with Crippen molar-refractivity contribution in [3.8, 4) is 6.07 Å². The maximum absolute atomic E-state index is 12.4. The fourth-order valence-corrected chi connectivity index (χ4v) is 2.30. The molecule has 0 aromatic heterocycles. The number of carboxylic acid groups (broad SMARTS) is 1. The summed E-state index contributed by atoms with van der Waals surface area (Å²) in [5.41, 5.74) is -1.27. The third-order valence-electron chi connectivity index (χ3n) is 3.47. The number of rotatable bonds is 6. The van der Waals surface area contributed by atoms with Crippen molar-refractivity contribution in [3.63, 3.8) is 0 Å². The van der Waals surface area contributed by atoms with Gasteiger partial charge in [0.25, 0.3) is 0 Å². The number of ether oxygens (including phenoxy) is 1. The average molecular weight is 297 g/mol. The van der Waals surface area contributed by atoms with Crippen LogP contribution in [0.15, 0.2) is 0 Å². The number of hydrogen-bond donors (Lipinski definition) is 2. The van der Waals surface area contributed by atoms with Crippen LogP contribution in [0.2, 0.25) is 0 Å². The lowest BCUT2D eigenvalue weighted by atomic mass is 9.90. The number of nitriles is 1. The summed E-state index contributed by atoms with van der Waals surface area (Å²) in [6, 6.07) is 1.58. The molecule has 0 bridgehead atoms. The Labute approximate surface area is 124 Å². The number of carbonyl (C=O) groups is 2. The maximum atomic E-state index is 12.4. The van der Waals surface area contributed by atoms with E-state index < -0.39 is 17.5 Å². The molecule has 1 fully saturated rings. The van der Waals surface area contributed by atoms with Gasteiger partial charge in [0.15, 0.2) is 0 Å². The van der Waals surface area contributed by atoms with Crippen LogP contribution < -0.4 is 5.32 Å². The molecule has 2 amide bonds. The standard InChI is InChI=1S/C14H23N3O4/c1-11(2)10-17(7-3-6-15)13(20)16-14(12(18)19)4-8-21-9-5-14/h11H,3-5,7-10H2,1-2H3,(H,16,20)(H,18,19). The highest BCUT2D eigenvalue weighted by Gasteiger charge is 2.42. The van der Waals surface area contributed by atoms with Gasteiger partial charge in [0.2, 0.25) is 0 Å².